The number of hydrogen-bond acceptors (Lipinski definition) is 2. The van der Waals surface area contributed by atoms with Crippen molar-refractivity contribution in [3.8, 4) is 0 Å². The highest BCUT2D eigenvalue weighted by atomic mass is 15.2. The number of aromatic nitrogens is 1. The second-order valence-corrected chi connectivity index (χ2v) is 9.44. The van der Waals surface area contributed by atoms with E-state index in [1.54, 1.807) is 0 Å². The summed E-state index contributed by atoms with van der Waals surface area (Å²) in [6.45, 7) is 17.3. The van der Waals surface area contributed by atoms with Crippen molar-refractivity contribution in [1.82, 2.24) is 4.98 Å². The van der Waals surface area contributed by atoms with E-state index in [2.05, 4.69) is 65.5 Å². The maximum absolute atomic E-state index is 4.70. The van der Waals surface area contributed by atoms with Gasteiger partial charge in [0.05, 0.1) is 0 Å². The highest BCUT2D eigenvalue weighted by Gasteiger charge is 2.18. The maximum Gasteiger partial charge on any atom is 0.128 e. The number of pyridine rings is 1. The first-order valence-electron chi connectivity index (χ1n) is 11.0. The van der Waals surface area contributed by atoms with Gasteiger partial charge in [-0.05, 0) is 55.6 Å². The lowest BCUT2D eigenvalue weighted by Gasteiger charge is -2.32. The normalized spacial score (nSPS) is 14.3. The second kappa shape index (κ2) is 11.6. The molecule has 0 aliphatic carbocycles. The molecule has 0 N–H and O–H groups in total. The largest absolute Gasteiger partial charge is 0.354 e. The van der Waals surface area contributed by atoms with E-state index in [0.29, 0.717) is 11.5 Å². The first-order chi connectivity index (χ1) is 12.3. The molecular weight excluding hydrogens is 316 g/mol. The minimum atomic E-state index is 0.475. The van der Waals surface area contributed by atoms with Crippen molar-refractivity contribution < 1.29 is 0 Å². The molecule has 26 heavy (non-hydrogen) atoms. The van der Waals surface area contributed by atoms with Gasteiger partial charge in [-0.1, -0.05) is 73.3 Å². The van der Waals surface area contributed by atoms with Gasteiger partial charge < -0.3 is 4.90 Å². The molecule has 0 saturated heterocycles. The standard InChI is InChI=1S/C24H44N2/c1-8-18-26(23-15-14-21(4)19-25-23)22(9-2)13-11-10-12-20(3)16-17-24(5,6)7/h14-15,19-20,22H,8-13,16-18H2,1-7H3/t20?,22-/m1/s1. The van der Waals surface area contributed by atoms with Crippen LogP contribution in [0.4, 0.5) is 5.82 Å². The fourth-order valence-corrected chi connectivity index (χ4v) is 3.63. The van der Waals surface area contributed by atoms with E-state index in [9.17, 15) is 0 Å². The van der Waals surface area contributed by atoms with Crippen molar-refractivity contribution in [2.75, 3.05) is 11.4 Å². The summed E-state index contributed by atoms with van der Waals surface area (Å²) in [4.78, 5) is 7.24. The van der Waals surface area contributed by atoms with Crippen LogP contribution >= 0.6 is 0 Å². The van der Waals surface area contributed by atoms with Crippen LogP contribution in [0.5, 0.6) is 0 Å². The topological polar surface area (TPSA) is 16.1 Å². The molecule has 0 aromatic carbocycles. The number of unbranched alkanes of at least 4 members (excludes halogenated alkanes) is 1. The van der Waals surface area contributed by atoms with Gasteiger partial charge in [0.25, 0.3) is 0 Å². The Kier molecular flexibility index (Phi) is 10.3. The first-order valence-corrected chi connectivity index (χ1v) is 11.0. The summed E-state index contributed by atoms with van der Waals surface area (Å²) < 4.78 is 0. The average Bonchev–Trinajstić information content (AvgIpc) is 2.59. The van der Waals surface area contributed by atoms with Crippen molar-refractivity contribution in [2.24, 2.45) is 11.3 Å². The Labute approximate surface area is 163 Å². The van der Waals surface area contributed by atoms with Crippen LogP contribution in [0.15, 0.2) is 18.3 Å². The SMILES string of the molecule is CCCN(c1ccc(C)cn1)[C@H](CC)CCCCC(C)CCC(C)(C)C. The third-order valence-corrected chi connectivity index (χ3v) is 5.44. The van der Waals surface area contributed by atoms with Crippen LogP contribution in [0.2, 0.25) is 0 Å². The van der Waals surface area contributed by atoms with Gasteiger partial charge in [-0.25, -0.2) is 4.98 Å². The molecule has 0 bridgehead atoms. The van der Waals surface area contributed by atoms with Gasteiger partial charge in [-0.3, -0.25) is 0 Å². The highest BCUT2D eigenvalue weighted by Crippen LogP contribution is 2.26. The Hall–Kier alpha value is -1.05. The molecule has 2 nitrogen and oxygen atoms in total. The summed E-state index contributed by atoms with van der Waals surface area (Å²) in [6.07, 6.45) is 12.5. The molecule has 0 spiro atoms. The zero-order valence-corrected chi connectivity index (χ0v) is 18.6. The van der Waals surface area contributed by atoms with Crippen LogP contribution in [0, 0.1) is 18.3 Å². The van der Waals surface area contributed by atoms with Crippen LogP contribution in [-0.4, -0.2) is 17.6 Å². The van der Waals surface area contributed by atoms with E-state index in [1.165, 1.54) is 56.9 Å². The van der Waals surface area contributed by atoms with Gasteiger partial charge in [0.2, 0.25) is 0 Å². The molecule has 1 rings (SSSR count). The fourth-order valence-electron chi connectivity index (χ4n) is 3.63. The van der Waals surface area contributed by atoms with Crippen LogP contribution in [0.25, 0.3) is 0 Å². The molecule has 2 heteroatoms. The highest BCUT2D eigenvalue weighted by molar-refractivity contribution is 5.40. The Morgan fingerprint density at radius 2 is 1.73 bits per heavy atom. The van der Waals surface area contributed by atoms with Crippen LogP contribution < -0.4 is 4.90 Å². The lowest BCUT2D eigenvalue weighted by atomic mass is 9.85. The Morgan fingerprint density at radius 3 is 2.27 bits per heavy atom. The number of anilines is 1. The number of nitrogens with zero attached hydrogens (tertiary/aromatic N) is 2. The van der Waals surface area contributed by atoms with Gasteiger partial charge >= 0.3 is 0 Å². The zero-order valence-electron chi connectivity index (χ0n) is 18.6. The second-order valence-electron chi connectivity index (χ2n) is 9.44. The van der Waals surface area contributed by atoms with E-state index in [-0.39, 0.29) is 0 Å². The van der Waals surface area contributed by atoms with Crippen molar-refractivity contribution in [1.29, 1.82) is 0 Å². The predicted octanol–water partition coefficient (Wildman–Crippen LogP) is 7.41. The van der Waals surface area contributed by atoms with Gasteiger partial charge in [0.1, 0.15) is 5.82 Å². The summed E-state index contributed by atoms with van der Waals surface area (Å²) in [7, 11) is 0. The van der Waals surface area contributed by atoms with Crippen LogP contribution in [-0.2, 0) is 0 Å². The van der Waals surface area contributed by atoms with E-state index in [4.69, 9.17) is 4.98 Å². The molecular formula is C24H44N2. The third-order valence-electron chi connectivity index (χ3n) is 5.44. The Morgan fingerprint density at radius 1 is 1.04 bits per heavy atom. The van der Waals surface area contributed by atoms with Crippen LogP contribution in [0.3, 0.4) is 0 Å². The van der Waals surface area contributed by atoms with Crippen molar-refractivity contribution in [2.45, 2.75) is 106 Å². The summed E-state index contributed by atoms with van der Waals surface area (Å²) >= 11 is 0. The lowest BCUT2D eigenvalue weighted by molar-refractivity contribution is 0.318. The summed E-state index contributed by atoms with van der Waals surface area (Å²) in [5, 5.41) is 0. The smallest absolute Gasteiger partial charge is 0.128 e. The quantitative estimate of drug-likeness (QED) is 0.361. The average molecular weight is 361 g/mol. The molecule has 1 heterocycles. The van der Waals surface area contributed by atoms with Gasteiger partial charge in [-0.2, -0.15) is 0 Å². The minimum Gasteiger partial charge on any atom is -0.354 e. The summed E-state index contributed by atoms with van der Waals surface area (Å²) in [5.74, 6) is 2.02. The monoisotopic (exact) mass is 360 g/mol. The molecule has 0 saturated carbocycles. The molecule has 150 valence electrons. The molecule has 0 aliphatic rings. The zero-order chi connectivity index (χ0) is 19.6. The van der Waals surface area contributed by atoms with Crippen molar-refractivity contribution in [3.05, 3.63) is 23.9 Å². The van der Waals surface area contributed by atoms with Gasteiger partial charge in [-0.15, -0.1) is 0 Å². The third kappa shape index (κ3) is 9.05. The lowest BCUT2D eigenvalue weighted by Crippen LogP contribution is -2.36. The Bertz CT molecular complexity index is 472. The van der Waals surface area contributed by atoms with E-state index in [1.807, 2.05) is 6.20 Å². The first kappa shape index (κ1) is 23.0. The molecule has 0 aliphatic heterocycles. The summed E-state index contributed by atoms with van der Waals surface area (Å²) in [6, 6.07) is 5.01. The number of hydrogen-bond donors (Lipinski definition) is 0. The van der Waals surface area contributed by atoms with Crippen LogP contribution in [0.1, 0.15) is 98.5 Å². The van der Waals surface area contributed by atoms with E-state index in [0.717, 1.165) is 18.3 Å². The molecule has 0 radical (unpaired) electrons. The Balaban J connectivity index is 2.47. The van der Waals surface area contributed by atoms with Crippen molar-refractivity contribution >= 4 is 5.82 Å². The van der Waals surface area contributed by atoms with Gasteiger partial charge in [0.15, 0.2) is 0 Å². The van der Waals surface area contributed by atoms with E-state index >= 15 is 0 Å². The molecule has 0 fully saturated rings. The maximum atomic E-state index is 4.70. The predicted molar refractivity (Wildman–Crippen MR) is 117 cm³/mol. The fraction of sp³-hybridized carbons (Fsp3) is 0.792. The van der Waals surface area contributed by atoms with E-state index < -0.39 is 0 Å². The molecule has 0 amide bonds. The van der Waals surface area contributed by atoms with Gasteiger partial charge in [0, 0.05) is 18.8 Å². The molecule has 1 unspecified atom stereocenters. The molecule has 2 atom stereocenters. The number of aryl methyl sites for hydroxylation is 1. The number of rotatable bonds is 12. The van der Waals surface area contributed by atoms with Crippen molar-refractivity contribution in [3.63, 3.8) is 0 Å². The molecule has 1 aromatic heterocycles. The summed E-state index contributed by atoms with van der Waals surface area (Å²) in [5.41, 5.74) is 1.71. The molecule has 1 aromatic rings. The minimum absolute atomic E-state index is 0.475.